The summed E-state index contributed by atoms with van der Waals surface area (Å²) in [5.41, 5.74) is 1.01. The predicted octanol–water partition coefficient (Wildman–Crippen LogP) is 4.03. The molecule has 1 fully saturated rings. The first-order valence-electron chi connectivity index (χ1n) is 8.49. The number of halogens is 1. The predicted molar refractivity (Wildman–Crippen MR) is 105 cm³/mol. The normalized spacial score (nSPS) is 15.6. The molecule has 0 aliphatic carbocycles. The second kappa shape index (κ2) is 7.02. The van der Waals surface area contributed by atoms with Crippen LogP contribution in [0.2, 0.25) is 0 Å². The molecule has 3 aromatic rings. The molecule has 1 aliphatic rings. The van der Waals surface area contributed by atoms with E-state index in [0.29, 0.717) is 5.75 Å². The van der Waals surface area contributed by atoms with Crippen molar-refractivity contribution in [2.45, 2.75) is 6.54 Å². The molecule has 4 nitrogen and oxygen atoms in total. The van der Waals surface area contributed by atoms with Gasteiger partial charge in [0.05, 0.1) is 0 Å². The van der Waals surface area contributed by atoms with Crippen molar-refractivity contribution in [1.82, 2.24) is 9.88 Å². The first kappa shape index (κ1) is 16.4. The summed E-state index contributed by atoms with van der Waals surface area (Å²) in [7, 11) is 0. The molecule has 1 aliphatic heterocycles. The lowest BCUT2D eigenvalue weighted by Crippen LogP contribution is -2.46. The Bertz CT molecular complexity index is 877. The average molecular weight is 398 g/mol. The number of nitrogens with zero attached hydrogens (tertiary/aromatic N) is 3. The molecular weight excluding hydrogens is 378 g/mol. The van der Waals surface area contributed by atoms with E-state index in [9.17, 15) is 5.11 Å². The third-order valence-electron chi connectivity index (χ3n) is 4.80. The highest BCUT2D eigenvalue weighted by Gasteiger charge is 2.19. The van der Waals surface area contributed by atoms with Gasteiger partial charge >= 0.3 is 0 Å². The van der Waals surface area contributed by atoms with Gasteiger partial charge < -0.3 is 10.0 Å². The quantitative estimate of drug-likeness (QED) is 0.724. The van der Waals surface area contributed by atoms with Gasteiger partial charge in [-0.3, -0.25) is 4.90 Å². The van der Waals surface area contributed by atoms with Crippen LogP contribution in [0, 0.1) is 0 Å². The van der Waals surface area contributed by atoms with E-state index in [4.69, 9.17) is 0 Å². The molecule has 1 aromatic heterocycles. The molecule has 0 bridgehead atoms. The Kier molecular flexibility index (Phi) is 4.59. The molecular formula is C20H20BrN3O. The van der Waals surface area contributed by atoms with Gasteiger partial charge in [-0.05, 0) is 41.1 Å². The number of phenols is 1. The zero-order valence-electron chi connectivity index (χ0n) is 13.9. The van der Waals surface area contributed by atoms with Crippen LogP contribution >= 0.6 is 15.9 Å². The molecule has 2 heterocycles. The largest absolute Gasteiger partial charge is 0.508 e. The molecule has 0 radical (unpaired) electrons. The molecule has 4 rings (SSSR count). The fraction of sp³-hybridized carbons (Fsp3) is 0.250. The topological polar surface area (TPSA) is 39.6 Å². The standard InChI is InChI=1S/C20H20BrN3O/c21-16-5-6-17-15(13-16)4-7-19(25)18(17)14-23-9-11-24(12-10-23)20-3-1-2-8-22-20/h1-8,13,25H,9-12,14H2. The Balaban J connectivity index is 1.50. The zero-order chi connectivity index (χ0) is 17.2. The summed E-state index contributed by atoms with van der Waals surface area (Å²) < 4.78 is 1.06. The van der Waals surface area contributed by atoms with Crippen LogP contribution in [0.4, 0.5) is 5.82 Å². The second-order valence-electron chi connectivity index (χ2n) is 6.38. The van der Waals surface area contributed by atoms with Crippen molar-refractivity contribution < 1.29 is 5.11 Å². The average Bonchev–Trinajstić information content (AvgIpc) is 2.65. The maximum Gasteiger partial charge on any atom is 0.128 e. The Morgan fingerprint density at radius 2 is 1.84 bits per heavy atom. The number of fused-ring (bicyclic) bond motifs is 1. The van der Waals surface area contributed by atoms with E-state index in [2.05, 4.69) is 48.9 Å². The van der Waals surface area contributed by atoms with Crippen LogP contribution in [0.25, 0.3) is 10.8 Å². The second-order valence-corrected chi connectivity index (χ2v) is 7.30. The van der Waals surface area contributed by atoms with Gasteiger partial charge in [0.2, 0.25) is 0 Å². The van der Waals surface area contributed by atoms with Crippen LogP contribution in [-0.4, -0.2) is 41.2 Å². The third-order valence-corrected chi connectivity index (χ3v) is 5.29. The summed E-state index contributed by atoms with van der Waals surface area (Å²) in [4.78, 5) is 9.15. The minimum absolute atomic E-state index is 0.377. The van der Waals surface area contributed by atoms with E-state index in [1.165, 1.54) is 0 Å². The lowest BCUT2D eigenvalue weighted by atomic mass is 10.0. The van der Waals surface area contributed by atoms with E-state index < -0.39 is 0 Å². The van der Waals surface area contributed by atoms with Crippen LogP contribution in [0.1, 0.15) is 5.56 Å². The van der Waals surface area contributed by atoms with E-state index in [1.807, 2.05) is 30.5 Å². The number of pyridine rings is 1. The van der Waals surface area contributed by atoms with E-state index >= 15 is 0 Å². The van der Waals surface area contributed by atoms with Crippen molar-refractivity contribution in [2.24, 2.45) is 0 Å². The Labute approximate surface area is 155 Å². The van der Waals surface area contributed by atoms with Crippen molar-refractivity contribution in [3.05, 3.63) is 64.8 Å². The van der Waals surface area contributed by atoms with Crippen LogP contribution in [0.3, 0.4) is 0 Å². The minimum Gasteiger partial charge on any atom is -0.508 e. The lowest BCUT2D eigenvalue weighted by molar-refractivity contribution is 0.247. The highest BCUT2D eigenvalue weighted by Crippen LogP contribution is 2.30. The SMILES string of the molecule is Oc1ccc2cc(Br)ccc2c1CN1CCN(c2ccccn2)CC1. The number of piperazine rings is 1. The Hall–Kier alpha value is -2.11. The minimum atomic E-state index is 0.377. The van der Waals surface area contributed by atoms with Crippen molar-refractivity contribution in [1.29, 1.82) is 0 Å². The number of hydrogen-bond donors (Lipinski definition) is 1. The smallest absolute Gasteiger partial charge is 0.128 e. The van der Waals surface area contributed by atoms with Gasteiger partial charge in [-0.15, -0.1) is 0 Å². The maximum atomic E-state index is 10.4. The van der Waals surface area contributed by atoms with Gasteiger partial charge in [0.25, 0.3) is 0 Å². The van der Waals surface area contributed by atoms with Gasteiger partial charge in [0.1, 0.15) is 11.6 Å². The number of benzene rings is 2. The van der Waals surface area contributed by atoms with Crippen LogP contribution in [0.5, 0.6) is 5.75 Å². The number of rotatable bonds is 3. The van der Waals surface area contributed by atoms with Gasteiger partial charge in [-0.1, -0.05) is 34.1 Å². The van der Waals surface area contributed by atoms with E-state index in [1.54, 1.807) is 6.07 Å². The molecule has 25 heavy (non-hydrogen) atoms. The van der Waals surface area contributed by atoms with Gasteiger partial charge in [-0.25, -0.2) is 4.98 Å². The highest BCUT2D eigenvalue weighted by atomic mass is 79.9. The lowest BCUT2D eigenvalue weighted by Gasteiger charge is -2.35. The number of phenolic OH excluding ortho intramolecular Hbond substituents is 1. The first-order chi connectivity index (χ1) is 12.2. The summed E-state index contributed by atoms with van der Waals surface area (Å²) in [6, 6.07) is 16.0. The molecule has 0 unspecified atom stereocenters. The highest BCUT2D eigenvalue weighted by molar-refractivity contribution is 9.10. The molecule has 0 atom stereocenters. The van der Waals surface area contributed by atoms with Crippen LogP contribution in [0.15, 0.2) is 59.2 Å². The van der Waals surface area contributed by atoms with Crippen molar-refractivity contribution in [3.63, 3.8) is 0 Å². The number of anilines is 1. The van der Waals surface area contributed by atoms with E-state index in [0.717, 1.165) is 59.4 Å². The monoisotopic (exact) mass is 397 g/mol. The summed E-state index contributed by atoms with van der Waals surface area (Å²) in [6.45, 7) is 4.59. The summed E-state index contributed by atoms with van der Waals surface area (Å²) >= 11 is 3.52. The number of aromatic hydroxyl groups is 1. The van der Waals surface area contributed by atoms with Crippen LogP contribution in [-0.2, 0) is 6.54 Å². The molecule has 0 amide bonds. The molecule has 128 valence electrons. The molecule has 1 N–H and O–H groups in total. The zero-order valence-corrected chi connectivity index (χ0v) is 15.5. The molecule has 5 heteroatoms. The van der Waals surface area contributed by atoms with Crippen LogP contribution < -0.4 is 4.90 Å². The molecule has 2 aromatic carbocycles. The first-order valence-corrected chi connectivity index (χ1v) is 9.28. The van der Waals surface area contributed by atoms with Crippen molar-refractivity contribution in [2.75, 3.05) is 31.1 Å². The number of hydrogen-bond acceptors (Lipinski definition) is 4. The Morgan fingerprint density at radius 1 is 1.00 bits per heavy atom. The third kappa shape index (κ3) is 3.48. The van der Waals surface area contributed by atoms with Gasteiger partial charge in [-0.2, -0.15) is 0 Å². The fourth-order valence-corrected chi connectivity index (χ4v) is 3.80. The van der Waals surface area contributed by atoms with Gasteiger partial charge in [0.15, 0.2) is 0 Å². The Morgan fingerprint density at radius 3 is 2.60 bits per heavy atom. The molecule has 0 spiro atoms. The number of aromatic nitrogens is 1. The fourth-order valence-electron chi connectivity index (χ4n) is 3.42. The van der Waals surface area contributed by atoms with Gasteiger partial charge in [0, 0.05) is 49.0 Å². The summed E-state index contributed by atoms with van der Waals surface area (Å²) in [6.07, 6.45) is 1.84. The molecule has 0 saturated carbocycles. The summed E-state index contributed by atoms with van der Waals surface area (Å²) in [5, 5.41) is 12.6. The molecule has 1 saturated heterocycles. The summed E-state index contributed by atoms with van der Waals surface area (Å²) in [5.74, 6) is 1.42. The van der Waals surface area contributed by atoms with Crippen molar-refractivity contribution in [3.8, 4) is 5.75 Å². The van der Waals surface area contributed by atoms with Crippen molar-refractivity contribution >= 4 is 32.5 Å². The maximum absolute atomic E-state index is 10.4. The van der Waals surface area contributed by atoms with E-state index in [-0.39, 0.29) is 0 Å².